The number of unbranched alkanes of at least 4 members (excludes halogenated alkanes) is 1. The third-order valence-electron chi connectivity index (χ3n) is 7.64. The summed E-state index contributed by atoms with van der Waals surface area (Å²) in [4.78, 5) is 44.1. The Balaban J connectivity index is 1.67. The summed E-state index contributed by atoms with van der Waals surface area (Å²) in [5, 5.41) is 12.9. The van der Waals surface area contributed by atoms with Crippen molar-refractivity contribution >= 4 is 17.1 Å². The van der Waals surface area contributed by atoms with Crippen molar-refractivity contribution in [3.05, 3.63) is 26.7 Å². The summed E-state index contributed by atoms with van der Waals surface area (Å²) in [6.07, 6.45) is 7.32. The summed E-state index contributed by atoms with van der Waals surface area (Å²) < 4.78 is 4.21. The first kappa shape index (κ1) is 23.7. The number of hydrogen-bond donors (Lipinski definition) is 2. The fraction of sp³-hybridized carbons (Fsp3) is 0.750. The Bertz CT molecular complexity index is 1130. The van der Waals surface area contributed by atoms with Crippen molar-refractivity contribution in [2.75, 3.05) is 0 Å². The predicted molar refractivity (Wildman–Crippen MR) is 126 cm³/mol. The monoisotopic (exact) mass is 459 g/mol. The molecule has 2 heterocycles. The standard InChI is InChI=1S/C24H37N5O4/c1-4-6-10-28-22-21(27(9-5-2)19(14-30)26-22)23(32)29(24(28)33)13-20(31)25-15(3)18-12-16-7-8-17(18)11-16/h15-18,30H,4-14H2,1-3H3,(H,25,31)/t15-,16+,17+,18+/m0/s1. The number of aliphatic hydroxyl groups is 1. The number of hydrogen-bond acceptors (Lipinski definition) is 5. The largest absolute Gasteiger partial charge is 0.388 e. The van der Waals surface area contributed by atoms with Gasteiger partial charge in [-0.25, -0.2) is 14.3 Å². The van der Waals surface area contributed by atoms with Crippen molar-refractivity contribution in [3.63, 3.8) is 0 Å². The molecule has 2 fully saturated rings. The van der Waals surface area contributed by atoms with Crippen LogP contribution in [0.25, 0.3) is 11.2 Å². The minimum Gasteiger partial charge on any atom is -0.388 e. The molecule has 9 nitrogen and oxygen atoms in total. The van der Waals surface area contributed by atoms with Crippen molar-refractivity contribution in [1.29, 1.82) is 0 Å². The second kappa shape index (κ2) is 9.83. The second-order valence-corrected chi connectivity index (χ2v) is 9.88. The van der Waals surface area contributed by atoms with Crippen molar-refractivity contribution in [3.8, 4) is 0 Å². The molecule has 2 aliphatic carbocycles. The van der Waals surface area contributed by atoms with Crippen LogP contribution in [-0.4, -0.2) is 35.7 Å². The van der Waals surface area contributed by atoms with Gasteiger partial charge in [-0.2, -0.15) is 0 Å². The van der Waals surface area contributed by atoms with Crippen LogP contribution in [0, 0.1) is 17.8 Å². The molecule has 182 valence electrons. The van der Waals surface area contributed by atoms with E-state index in [9.17, 15) is 19.5 Å². The third-order valence-corrected chi connectivity index (χ3v) is 7.64. The van der Waals surface area contributed by atoms with Crippen LogP contribution in [0.5, 0.6) is 0 Å². The number of nitrogens with one attached hydrogen (secondary N) is 1. The van der Waals surface area contributed by atoms with E-state index in [1.807, 2.05) is 20.8 Å². The maximum absolute atomic E-state index is 13.4. The number of aliphatic hydroxyl groups excluding tert-OH is 1. The molecule has 2 aromatic rings. The summed E-state index contributed by atoms with van der Waals surface area (Å²) >= 11 is 0. The number of imidazole rings is 1. The maximum Gasteiger partial charge on any atom is 0.333 e. The number of rotatable bonds is 10. The lowest BCUT2D eigenvalue weighted by molar-refractivity contribution is -0.122. The highest BCUT2D eigenvalue weighted by molar-refractivity contribution is 5.77. The van der Waals surface area contributed by atoms with Crippen LogP contribution in [-0.2, 0) is 31.0 Å². The van der Waals surface area contributed by atoms with Crippen LogP contribution < -0.4 is 16.6 Å². The first-order valence-corrected chi connectivity index (χ1v) is 12.5. The molecule has 0 radical (unpaired) electrons. The number of aromatic nitrogens is 4. The van der Waals surface area contributed by atoms with Gasteiger partial charge in [-0.15, -0.1) is 0 Å². The van der Waals surface area contributed by atoms with Crippen molar-refractivity contribution in [2.24, 2.45) is 17.8 Å². The molecule has 2 N–H and O–H groups in total. The zero-order valence-electron chi connectivity index (χ0n) is 20.0. The average molecular weight is 460 g/mol. The molecule has 1 amide bonds. The van der Waals surface area contributed by atoms with E-state index >= 15 is 0 Å². The molecule has 4 rings (SSSR count). The molecule has 4 atom stereocenters. The summed E-state index contributed by atoms with van der Waals surface area (Å²) in [7, 11) is 0. The number of amides is 1. The van der Waals surface area contributed by atoms with Gasteiger partial charge in [0.1, 0.15) is 19.0 Å². The van der Waals surface area contributed by atoms with Gasteiger partial charge in [-0.05, 0) is 56.8 Å². The highest BCUT2D eigenvalue weighted by Gasteiger charge is 2.42. The highest BCUT2D eigenvalue weighted by Crippen LogP contribution is 2.49. The summed E-state index contributed by atoms with van der Waals surface area (Å²) in [6.45, 7) is 6.32. The van der Waals surface area contributed by atoms with Crippen LogP contribution in [0.2, 0.25) is 0 Å². The van der Waals surface area contributed by atoms with Crippen molar-refractivity contribution in [2.45, 2.75) is 98.0 Å². The molecule has 0 aromatic carbocycles. The highest BCUT2D eigenvalue weighted by atomic mass is 16.3. The van der Waals surface area contributed by atoms with Crippen molar-refractivity contribution < 1.29 is 9.90 Å². The molecule has 2 bridgehead atoms. The Morgan fingerprint density at radius 3 is 2.52 bits per heavy atom. The SMILES string of the molecule is CCCCn1c(=O)n(CC(=O)N[C@@H](C)[C@H]2C[C@@H]3CC[C@@H]2C3)c(=O)c2c1nc(CO)n2CCC. The zero-order chi connectivity index (χ0) is 23.7. The number of carbonyl (C=O) groups is 1. The first-order chi connectivity index (χ1) is 15.9. The Hall–Kier alpha value is -2.42. The van der Waals surface area contributed by atoms with Gasteiger partial charge in [-0.3, -0.25) is 14.2 Å². The van der Waals surface area contributed by atoms with E-state index in [-0.39, 0.29) is 30.6 Å². The Kier molecular flexibility index (Phi) is 7.07. The maximum atomic E-state index is 13.4. The Morgan fingerprint density at radius 2 is 1.91 bits per heavy atom. The van der Waals surface area contributed by atoms with Gasteiger partial charge in [0.15, 0.2) is 11.2 Å². The lowest BCUT2D eigenvalue weighted by atomic mass is 9.84. The first-order valence-electron chi connectivity index (χ1n) is 12.5. The lowest BCUT2D eigenvalue weighted by Crippen LogP contribution is -2.47. The van der Waals surface area contributed by atoms with Crippen LogP contribution in [0.1, 0.15) is 71.5 Å². The van der Waals surface area contributed by atoms with E-state index < -0.39 is 11.2 Å². The summed E-state index contributed by atoms with van der Waals surface area (Å²) in [5.41, 5.74) is -0.464. The molecular formula is C24H37N5O4. The molecule has 0 unspecified atom stereocenters. The van der Waals surface area contributed by atoms with Gasteiger partial charge in [-0.1, -0.05) is 26.7 Å². The summed E-state index contributed by atoms with van der Waals surface area (Å²) in [6, 6.07) is 0.0289. The van der Waals surface area contributed by atoms with Crippen LogP contribution in [0.15, 0.2) is 9.59 Å². The van der Waals surface area contributed by atoms with E-state index in [1.165, 1.54) is 23.8 Å². The molecule has 9 heteroatoms. The zero-order valence-corrected chi connectivity index (χ0v) is 20.0. The Morgan fingerprint density at radius 1 is 1.12 bits per heavy atom. The van der Waals surface area contributed by atoms with E-state index in [1.54, 1.807) is 4.57 Å². The second-order valence-electron chi connectivity index (χ2n) is 9.88. The smallest absolute Gasteiger partial charge is 0.333 e. The molecule has 2 aromatic heterocycles. The topological polar surface area (TPSA) is 111 Å². The molecule has 0 spiro atoms. The van der Waals surface area contributed by atoms with E-state index in [0.717, 1.165) is 36.2 Å². The number of nitrogens with zero attached hydrogens (tertiary/aromatic N) is 4. The molecule has 33 heavy (non-hydrogen) atoms. The minimum absolute atomic E-state index is 0.0289. The number of carbonyl (C=O) groups excluding carboxylic acids is 1. The molecule has 2 saturated carbocycles. The van der Waals surface area contributed by atoms with E-state index in [0.29, 0.717) is 36.4 Å². The normalized spacial score (nSPS) is 22.8. The lowest BCUT2D eigenvalue weighted by Gasteiger charge is -2.28. The van der Waals surface area contributed by atoms with E-state index in [4.69, 9.17) is 0 Å². The van der Waals surface area contributed by atoms with Crippen LogP contribution in [0.3, 0.4) is 0 Å². The van der Waals surface area contributed by atoms with Crippen molar-refractivity contribution in [1.82, 2.24) is 24.0 Å². The molecule has 2 aliphatic rings. The van der Waals surface area contributed by atoms with Gasteiger partial charge in [0, 0.05) is 19.1 Å². The van der Waals surface area contributed by atoms with E-state index in [2.05, 4.69) is 10.3 Å². The molecular weight excluding hydrogens is 422 g/mol. The quantitative estimate of drug-likeness (QED) is 0.565. The van der Waals surface area contributed by atoms with Gasteiger partial charge < -0.3 is 15.0 Å². The van der Waals surface area contributed by atoms with Crippen LogP contribution in [0.4, 0.5) is 0 Å². The summed E-state index contributed by atoms with van der Waals surface area (Å²) in [5.74, 6) is 1.99. The average Bonchev–Trinajstić information content (AvgIpc) is 3.51. The third kappa shape index (κ3) is 4.39. The van der Waals surface area contributed by atoms with Gasteiger partial charge in [0.25, 0.3) is 5.56 Å². The fourth-order valence-electron chi connectivity index (χ4n) is 6.03. The number of fused-ring (bicyclic) bond motifs is 3. The Labute approximate surface area is 193 Å². The predicted octanol–water partition coefficient (Wildman–Crippen LogP) is 2.00. The van der Waals surface area contributed by atoms with Gasteiger partial charge in [0.05, 0.1) is 0 Å². The fourth-order valence-corrected chi connectivity index (χ4v) is 6.03. The number of aryl methyl sites for hydroxylation is 2. The minimum atomic E-state index is -0.522. The molecule has 0 saturated heterocycles. The van der Waals surface area contributed by atoms with Crippen LogP contribution >= 0.6 is 0 Å². The molecule has 0 aliphatic heterocycles. The van der Waals surface area contributed by atoms with Gasteiger partial charge in [0.2, 0.25) is 5.91 Å². The van der Waals surface area contributed by atoms with Gasteiger partial charge >= 0.3 is 5.69 Å².